The Hall–Kier alpha value is -2.33. The molecule has 25 heavy (non-hydrogen) atoms. The van der Waals surface area contributed by atoms with Crippen molar-refractivity contribution in [3.63, 3.8) is 0 Å². The van der Waals surface area contributed by atoms with Gasteiger partial charge in [0.05, 0.1) is 12.6 Å². The second-order valence-electron chi connectivity index (χ2n) is 5.26. The van der Waals surface area contributed by atoms with E-state index in [4.69, 9.17) is 20.5 Å². The van der Waals surface area contributed by atoms with E-state index in [9.17, 15) is 23.1 Å². The number of hydrogen-bond acceptors (Lipinski definition) is 5. The molecule has 1 amide bonds. The summed E-state index contributed by atoms with van der Waals surface area (Å²) in [6, 6.07) is 6.10. The van der Waals surface area contributed by atoms with Crippen molar-refractivity contribution in [2.75, 3.05) is 13.2 Å². The van der Waals surface area contributed by atoms with Crippen LogP contribution in [0, 0.1) is 0 Å². The smallest absolute Gasteiger partial charge is 0.490 e. The first-order chi connectivity index (χ1) is 11.6. The van der Waals surface area contributed by atoms with Gasteiger partial charge in [0, 0.05) is 6.54 Å². The second-order valence-corrected chi connectivity index (χ2v) is 5.26. The first-order valence-electron chi connectivity index (χ1n) is 7.39. The summed E-state index contributed by atoms with van der Waals surface area (Å²) in [5.41, 5.74) is 6.81. The number of nitrogens with zero attached hydrogens (tertiary/aromatic N) is 1. The predicted molar refractivity (Wildman–Crippen MR) is 80.4 cm³/mol. The largest absolute Gasteiger partial charge is 0.508 e. The van der Waals surface area contributed by atoms with Gasteiger partial charge < -0.3 is 15.9 Å². The number of amides is 1. The molecule has 0 saturated carbocycles. The second kappa shape index (κ2) is 9.23. The molecule has 7 nitrogen and oxygen atoms in total. The van der Waals surface area contributed by atoms with E-state index >= 15 is 0 Å². The maximum absolute atomic E-state index is 12.0. The Kier molecular flexibility index (Phi) is 7.65. The predicted octanol–water partition coefficient (Wildman–Crippen LogP) is 1.45. The quantitative estimate of drug-likeness (QED) is 0.748. The van der Waals surface area contributed by atoms with Crippen LogP contribution in [-0.4, -0.2) is 52.5 Å². The van der Waals surface area contributed by atoms with Crippen molar-refractivity contribution in [1.29, 1.82) is 0 Å². The van der Waals surface area contributed by atoms with Crippen LogP contribution in [0.15, 0.2) is 24.3 Å². The number of alkyl halides is 3. The third-order valence-electron chi connectivity index (χ3n) is 3.20. The van der Waals surface area contributed by atoms with E-state index in [0.717, 1.165) is 18.4 Å². The molecule has 1 saturated heterocycles. The van der Waals surface area contributed by atoms with Crippen molar-refractivity contribution in [2.45, 2.75) is 31.5 Å². The Morgan fingerprint density at radius 2 is 1.80 bits per heavy atom. The van der Waals surface area contributed by atoms with Crippen LogP contribution < -0.4 is 5.73 Å². The molecular weight excluding hydrogens is 345 g/mol. The zero-order valence-corrected chi connectivity index (χ0v) is 13.2. The highest BCUT2D eigenvalue weighted by molar-refractivity contribution is 5.81. The minimum Gasteiger partial charge on any atom is -0.508 e. The molecule has 140 valence electrons. The van der Waals surface area contributed by atoms with Gasteiger partial charge in [-0.2, -0.15) is 13.2 Å². The number of phenolic OH excluding ortho intramolecular Hbond substituents is 1. The number of carboxylic acid groups (broad SMARTS) is 1. The van der Waals surface area contributed by atoms with E-state index in [-0.39, 0.29) is 11.7 Å². The minimum absolute atomic E-state index is 0.178. The number of carbonyl (C=O) groups is 2. The lowest BCUT2D eigenvalue weighted by Gasteiger charge is -2.28. The maximum atomic E-state index is 12.0. The highest BCUT2D eigenvalue weighted by Gasteiger charge is 2.38. The number of nitrogens with two attached hydrogens (primary N) is 1. The van der Waals surface area contributed by atoms with Crippen molar-refractivity contribution in [1.82, 2.24) is 5.06 Å². The summed E-state index contributed by atoms with van der Waals surface area (Å²) >= 11 is 0. The molecule has 1 fully saturated rings. The first kappa shape index (κ1) is 20.7. The summed E-state index contributed by atoms with van der Waals surface area (Å²) in [7, 11) is 0. The summed E-state index contributed by atoms with van der Waals surface area (Å²) in [6.45, 7) is 1.19. The van der Waals surface area contributed by atoms with Gasteiger partial charge >= 0.3 is 12.1 Å². The standard InChI is InChI=1S/C13H18N2O3.C2HF3O2/c14-12(9-10-3-5-11(16)6-4-10)13(17)15-7-1-2-8-18-15;3-2(4,5)1(6)7/h3-6,12,16H,1-2,7-9,14H2;(H,6,7)/t12-;/m0./s1. The van der Waals surface area contributed by atoms with Crippen molar-refractivity contribution in [3.05, 3.63) is 29.8 Å². The number of carbonyl (C=O) groups excluding carboxylic acids is 1. The van der Waals surface area contributed by atoms with Crippen LogP contribution in [-0.2, 0) is 20.8 Å². The Balaban J connectivity index is 0.000000381. The summed E-state index contributed by atoms with van der Waals surface area (Å²) in [4.78, 5) is 26.2. The number of hydrogen-bond donors (Lipinski definition) is 3. The average Bonchev–Trinajstić information content (AvgIpc) is 2.56. The van der Waals surface area contributed by atoms with Crippen molar-refractivity contribution < 1.29 is 37.8 Å². The lowest BCUT2D eigenvalue weighted by molar-refractivity contribution is -0.198. The Morgan fingerprint density at radius 3 is 2.24 bits per heavy atom. The number of aromatic hydroxyl groups is 1. The Labute approximate surface area is 141 Å². The zero-order chi connectivity index (χ0) is 19.0. The van der Waals surface area contributed by atoms with E-state index in [0.29, 0.717) is 19.6 Å². The molecule has 1 atom stereocenters. The van der Waals surface area contributed by atoms with E-state index in [2.05, 4.69) is 0 Å². The Morgan fingerprint density at radius 1 is 1.24 bits per heavy atom. The minimum atomic E-state index is -5.08. The molecule has 2 rings (SSSR count). The normalized spacial score (nSPS) is 15.8. The molecule has 1 aliphatic heterocycles. The van der Waals surface area contributed by atoms with Gasteiger partial charge in [-0.3, -0.25) is 9.63 Å². The van der Waals surface area contributed by atoms with Crippen LogP contribution in [0.25, 0.3) is 0 Å². The molecule has 1 aromatic rings. The lowest BCUT2D eigenvalue weighted by atomic mass is 10.1. The molecule has 1 aromatic carbocycles. The van der Waals surface area contributed by atoms with E-state index in [1.165, 1.54) is 5.06 Å². The van der Waals surface area contributed by atoms with Crippen LogP contribution >= 0.6 is 0 Å². The molecule has 10 heteroatoms. The maximum Gasteiger partial charge on any atom is 0.490 e. The van der Waals surface area contributed by atoms with Gasteiger partial charge in [-0.05, 0) is 37.0 Å². The van der Waals surface area contributed by atoms with Crippen molar-refractivity contribution in [3.8, 4) is 5.75 Å². The van der Waals surface area contributed by atoms with Crippen LogP contribution in [0.2, 0.25) is 0 Å². The average molecular weight is 364 g/mol. The molecule has 0 aromatic heterocycles. The molecule has 0 aliphatic carbocycles. The third-order valence-corrected chi connectivity index (χ3v) is 3.20. The highest BCUT2D eigenvalue weighted by Crippen LogP contribution is 2.14. The lowest BCUT2D eigenvalue weighted by Crippen LogP contribution is -2.46. The van der Waals surface area contributed by atoms with Crippen molar-refractivity contribution in [2.24, 2.45) is 5.73 Å². The summed E-state index contributed by atoms with van der Waals surface area (Å²) < 4.78 is 31.7. The van der Waals surface area contributed by atoms with Crippen molar-refractivity contribution >= 4 is 11.9 Å². The molecule has 1 aliphatic rings. The number of benzene rings is 1. The van der Waals surface area contributed by atoms with Gasteiger partial charge in [-0.15, -0.1) is 0 Å². The summed E-state index contributed by atoms with van der Waals surface area (Å²) in [5, 5.41) is 17.7. The van der Waals surface area contributed by atoms with Gasteiger partial charge in [0.25, 0.3) is 5.91 Å². The molecule has 1 heterocycles. The van der Waals surface area contributed by atoms with Gasteiger partial charge in [-0.25, -0.2) is 9.86 Å². The van der Waals surface area contributed by atoms with Crippen LogP contribution in [0.4, 0.5) is 13.2 Å². The number of halogens is 3. The molecular formula is C15H19F3N2O5. The summed E-state index contributed by atoms with van der Waals surface area (Å²) in [6.07, 6.45) is -2.70. The third kappa shape index (κ3) is 7.40. The number of phenols is 1. The molecule has 0 spiro atoms. The van der Waals surface area contributed by atoms with Gasteiger partial charge in [0.15, 0.2) is 0 Å². The van der Waals surface area contributed by atoms with E-state index < -0.39 is 18.2 Å². The van der Waals surface area contributed by atoms with Gasteiger partial charge in [0.1, 0.15) is 5.75 Å². The molecule has 4 N–H and O–H groups in total. The van der Waals surface area contributed by atoms with Gasteiger partial charge in [0.2, 0.25) is 0 Å². The molecule has 0 unspecified atom stereocenters. The van der Waals surface area contributed by atoms with Crippen LogP contribution in [0.3, 0.4) is 0 Å². The number of carboxylic acids is 1. The molecule has 0 radical (unpaired) electrons. The van der Waals surface area contributed by atoms with Crippen LogP contribution in [0.1, 0.15) is 18.4 Å². The highest BCUT2D eigenvalue weighted by atomic mass is 19.4. The fourth-order valence-electron chi connectivity index (χ4n) is 1.93. The zero-order valence-electron chi connectivity index (χ0n) is 13.2. The van der Waals surface area contributed by atoms with Gasteiger partial charge in [-0.1, -0.05) is 12.1 Å². The van der Waals surface area contributed by atoms with E-state index in [1.807, 2.05) is 0 Å². The fourth-order valence-corrected chi connectivity index (χ4v) is 1.93. The monoisotopic (exact) mass is 364 g/mol. The van der Waals surface area contributed by atoms with E-state index in [1.54, 1.807) is 24.3 Å². The van der Waals surface area contributed by atoms with Crippen LogP contribution in [0.5, 0.6) is 5.75 Å². The Bertz CT molecular complexity index is 572. The SMILES string of the molecule is N[C@@H](Cc1ccc(O)cc1)C(=O)N1CCCCO1.O=C(O)C(F)(F)F. The number of aliphatic carboxylic acids is 1. The number of hydroxylamine groups is 2. The first-order valence-corrected chi connectivity index (χ1v) is 7.39. The molecule has 0 bridgehead atoms. The summed E-state index contributed by atoms with van der Waals surface area (Å²) in [5.74, 6) is -2.73. The fraction of sp³-hybridized carbons (Fsp3) is 0.467. The number of rotatable bonds is 3. The topological polar surface area (TPSA) is 113 Å².